The lowest BCUT2D eigenvalue weighted by atomic mass is 10.1. The molecule has 2 rings (SSSR count). The van der Waals surface area contributed by atoms with Crippen molar-refractivity contribution in [3.8, 4) is 0 Å². The van der Waals surface area contributed by atoms with E-state index < -0.39 is 4.92 Å². The molecule has 0 unspecified atom stereocenters. The highest BCUT2D eigenvalue weighted by Gasteiger charge is 2.15. The van der Waals surface area contributed by atoms with Gasteiger partial charge in [0.25, 0.3) is 10.9 Å². The fourth-order valence-corrected chi connectivity index (χ4v) is 2.20. The topological polar surface area (TPSA) is 86.2 Å². The Kier molecular flexibility index (Phi) is 3.42. The second kappa shape index (κ2) is 5.01. The fourth-order valence-electron chi connectivity index (χ4n) is 1.35. The van der Waals surface area contributed by atoms with E-state index in [1.54, 1.807) is 0 Å². The number of non-ortho nitro benzene ring substituents is 1. The van der Waals surface area contributed by atoms with Crippen molar-refractivity contribution >= 4 is 23.2 Å². The number of ketones is 1. The summed E-state index contributed by atoms with van der Waals surface area (Å²) >= 11 is 1.15. The molecule has 92 valence electrons. The zero-order chi connectivity index (χ0) is 13.1. The SMILES string of the molecule is CC(=O)c1cc([N+](=O)[O-])ccc1Sc1ncco1. The summed E-state index contributed by atoms with van der Waals surface area (Å²) in [5.41, 5.74) is 0.171. The molecule has 0 atom stereocenters. The van der Waals surface area contributed by atoms with E-state index in [0.29, 0.717) is 10.1 Å². The van der Waals surface area contributed by atoms with Gasteiger partial charge in [-0.15, -0.1) is 0 Å². The Bertz CT molecular complexity index is 595. The molecule has 0 N–H and O–H groups in total. The lowest BCUT2D eigenvalue weighted by Gasteiger charge is -2.03. The molecule has 0 aliphatic rings. The molecule has 1 heterocycles. The number of hydrogen-bond donors (Lipinski definition) is 0. The lowest BCUT2D eigenvalue weighted by molar-refractivity contribution is -0.384. The van der Waals surface area contributed by atoms with Gasteiger partial charge in [-0.25, -0.2) is 4.98 Å². The van der Waals surface area contributed by atoms with Crippen LogP contribution in [0, 0.1) is 10.1 Å². The number of hydrogen-bond acceptors (Lipinski definition) is 6. The van der Waals surface area contributed by atoms with Gasteiger partial charge in [0.05, 0.1) is 11.1 Å². The van der Waals surface area contributed by atoms with Crippen LogP contribution in [0.4, 0.5) is 5.69 Å². The van der Waals surface area contributed by atoms with Crippen molar-refractivity contribution in [1.82, 2.24) is 4.98 Å². The first-order valence-corrected chi connectivity index (χ1v) is 5.76. The number of rotatable bonds is 4. The normalized spacial score (nSPS) is 10.3. The number of nitro benzene ring substituents is 1. The number of oxazole rings is 1. The molecule has 0 saturated heterocycles. The van der Waals surface area contributed by atoms with Gasteiger partial charge >= 0.3 is 0 Å². The second-order valence-electron chi connectivity index (χ2n) is 3.39. The van der Waals surface area contributed by atoms with Crippen molar-refractivity contribution < 1.29 is 14.1 Å². The standard InChI is InChI=1S/C11H8N2O4S/c1-7(14)9-6-8(13(15)16)2-3-10(9)18-11-12-4-5-17-11/h2-6H,1H3. The Labute approximate surface area is 106 Å². The molecule has 0 saturated carbocycles. The van der Waals surface area contributed by atoms with Crippen LogP contribution in [0.25, 0.3) is 0 Å². The molecule has 0 radical (unpaired) electrons. The van der Waals surface area contributed by atoms with Crippen molar-refractivity contribution in [3.63, 3.8) is 0 Å². The predicted molar refractivity (Wildman–Crippen MR) is 63.7 cm³/mol. The van der Waals surface area contributed by atoms with Crippen LogP contribution >= 0.6 is 11.8 Å². The Hall–Kier alpha value is -2.15. The first-order valence-electron chi connectivity index (χ1n) is 4.94. The van der Waals surface area contributed by atoms with Crippen LogP contribution in [-0.4, -0.2) is 15.7 Å². The number of nitro groups is 1. The van der Waals surface area contributed by atoms with E-state index in [-0.39, 0.29) is 17.0 Å². The molecule has 1 aromatic carbocycles. The third-order valence-corrected chi connectivity index (χ3v) is 3.11. The quantitative estimate of drug-likeness (QED) is 0.479. The first kappa shape index (κ1) is 12.3. The Morgan fingerprint density at radius 1 is 1.50 bits per heavy atom. The Morgan fingerprint density at radius 2 is 2.28 bits per heavy atom. The highest BCUT2D eigenvalue weighted by atomic mass is 32.2. The van der Waals surface area contributed by atoms with Crippen molar-refractivity contribution in [2.45, 2.75) is 17.0 Å². The smallest absolute Gasteiger partial charge is 0.270 e. The molecule has 0 aliphatic heterocycles. The van der Waals surface area contributed by atoms with Crippen LogP contribution in [0.5, 0.6) is 0 Å². The van der Waals surface area contributed by atoms with Gasteiger partial charge in [-0.3, -0.25) is 14.9 Å². The van der Waals surface area contributed by atoms with E-state index in [1.165, 1.54) is 37.6 Å². The summed E-state index contributed by atoms with van der Waals surface area (Å²) in [7, 11) is 0. The van der Waals surface area contributed by atoms with Crippen LogP contribution in [-0.2, 0) is 0 Å². The lowest BCUT2D eigenvalue weighted by Crippen LogP contribution is -1.97. The van der Waals surface area contributed by atoms with E-state index in [1.807, 2.05) is 0 Å². The molecular weight excluding hydrogens is 256 g/mol. The minimum absolute atomic E-state index is 0.114. The maximum Gasteiger partial charge on any atom is 0.270 e. The molecule has 0 fully saturated rings. The molecule has 2 aromatic rings. The number of carbonyl (C=O) groups excluding carboxylic acids is 1. The molecular formula is C11H8N2O4S. The number of carbonyl (C=O) groups is 1. The number of benzene rings is 1. The van der Waals surface area contributed by atoms with Crippen molar-refractivity contribution in [3.05, 3.63) is 46.3 Å². The summed E-state index contributed by atoms with van der Waals surface area (Å²) < 4.78 is 5.06. The number of nitrogens with zero attached hydrogens (tertiary/aromatic N) is 2. The highest BCUT2D eigenvalue weighted by Crippen LogP contribution is 2.31. The van der Waals surface area contributed by atoms with E-state index in [2.05, 4.69) is 4.98 Å². The molecule has 0 aliphatic carbocycles. The average Bonchev–Trinajstić information content (AvgIpc) is 2.81. The molecule has 1 aromatic heterocycles. The Balaban J connectivity index is 2.40. The third-order valence-electron chi connectivity index (χ3n) is 2.16. The molecule has 7 heteroatoms. The van der Waals surface area contributed by atoms with E-state index in [0.717, 1.165) is 11.8 Å². The molecule has 0 amide bonds. The maximum absolute atomic E-state index is 11.5. The zero-order valence-corrected chi connectivity index (χ0v) is 10.1. The van der Waals surface area contributed by atoms with Gasteiger partial charge in [-0.2, -0.15) is 0 Å². The molecule has 0 spiro atoms. The summed E-state index contributed by atoms with van der Waals surface area (Å²) in [6.07, 6.45) is 2.91. The largest absolute Gasteiger partial charge is 0.440 e. The monoisotopic (exact) mass is 264 g/mol. The summed E-state index contributed by atoms with van der Waals surface area (Å²) in [4.78, 5) is 26.1. The molecule has 18 heavy (non-hydrogen) atoms. The fraction of sp³-hybridized carbons (Fsp3) is 0.0909. The van der Waals surface area contributed by atoms with Crippen molar-refractivity contribution in [2.24, 2.45) is 0 Å². The van der Waals surface area contributed by atoms with Gasteiger partial charge in [-0.05, 0) is 24.8 Å². The van der Waals surface area contributed by atoms with Crippen LogP contribution in [0.3, 0.4) is 0 Å². The second-order valence-corrected chi connectivity index (χ2v) is 4.39. The molecule has 6 nitrogen and oxygen atoms in total. The van der Waals surface area contributed by atoms with Crippen LogP contribution in [0.1, 0.15) is 17.3 Å². The average molecular weight is 264 g/mol. The van der Waals surface area contributed by atoms with E-state index >= 15 is 0 Å². The molecule has 0 bridgehead atoms. The van der Waals surface area contributed by atoms with Gasteiger partial charge < -0.3 is 4.42 Å². The van der Waals surface area contributed by atoms with Crippen LogP contribution < -0.4 is 0 Å². The van der Waals surface area contributed by atoms with Gasteiger partial charge in [0, 0.05) is 22.6 Å². The zero-order valence-electron chi connectivity index (χ0n) is 9.32. The van der Waals surface area contributed by atoms with Crippen LogP contribution in [0.15, 0.2) is 45.2 Å². The van der Waals surface area contributed by atoms with Gasteiger partial charge in [-0.1, -0.05) is 0 Å². The highest BCUT2D eigenvalue weighted by molar-refractivity contribution is 7.99. The van der Waals surface area contributed by atoms with Crippen LogP contribution in [0.2, 0.25) is 0 Å². The maximum atomic E-state index is 11.5. The van der Waals surface area contributed by atoms with E-state index in [9.17, 15) is 14.9 Å². The summed E-state index contributed by atoms with van der Waals surface area (Å²) in [5, 5.41) is 11.0. The van der Waals surface area contributed by atoms with Crippen molar-refractivity contribution in [2.75, 3.05) is 0 Å². The van der Waals surface area contributed by atoms with Gasteiger partial charge in [0.15, 0.2) is 5.78 Å². The van der Waals surface area contributed by atoms with E-state index in [4.69, 9.17) is 4.42 Å². The van der Waals surface area contributed by atoms with Crippen molar-refractivity contribution in [1.29, 1.82) is 0 Å². The minimum atomic E-state index is -0.536. The summed E-state index contributed by atoms with van der Waals surface area (Å²) in [5.74, 6) is -0.243. The number of aromatic nitrogens is 1. The minimum Gasteiger partial charge on any atom is -0.440 e. The van der Waals surface area contributed by atoms with Gasteiger partial charge in [0.2, 0.25) is 0 Å². The summed E-state index contributed by atoms with van der Waals surface area (Å²) in [6.45, 7) is 1.36. The predicted octanol–water partition coefficient (Wildman–Crippen LogP) is 2.94. The Morgan fingerprint density at radius 3 is 2.83 bits per heavy atom. The van der Waals surface area contributed by atoms with Gasteiger partial charge in [0.1, 0.15) is 6.26 Å². The number of Topliss-reactive ketones (excluding diaryl/α,β-unsaturated/α-hetero) is 1. The third kappa shape index (κ3) is 2.57. The summed E-state index contributed by atoms with van der Waals surface area (Å²) in [6, 6.07) is 4.12. The first-order chi connectivity index (χ1) is 8.58.